The average molecular weight is 396 g/mol. The zero-order chi connectivity index (χ0) is 20.3. The molecule has 1 spiro atoms. The van der Waals surface area contributed by atoms with Crippen LogP contribution >= 0.6 is 0 Å². The lowest BCUT2D eigenvalue weighted by Crippen LogP contribution is -2.41. The summed E-state index contributed by atoms with van der Waals surface area (Å²) in [5.41, 5.74) is 0.413. The number of carbonyl (C=O) groups excluding carboxylic acids is 2. The lowest BCUT2D eigenvalue weighted by molar-refractivity contribution is -0.134. The van der Waals surface area contributed by atoms with Crippen LogP contribution in [-0.4, -0.2) is 59.3 Å². The number of methoxy groups -OCH3 is 1. The van der Waals surface area contributed by atoms with Gasteiger partial charge in [-0.05, 0) is 18.2 Å². The van der Waals surface area contributed by atoms with Crippen LogP contribution in [0, 0.1) is 18.8 Å². The molecule has 2 bridgehead atoms. The minimum absolute atomic E-state index is 0.0703. The molecule has 9 nitrogen and oxygen atoms in total. The Morgan fingerprint density at radius 3 is 2.93 bits per heavy atom. The van der Waals surface area contributed by atoms with Crippen LogP contribution in [0.1, 0.15) is 5.89 Å². The smallest absolute Gasteiger partial charge is 0.247 e. The van der Waals surface area contributed by atoms with Gasteiger partial charge in [0, 0.05) is 19.5 Å². The Hall–Kier alpha value is -3.20. The molecule has 9 heteroatoms. The van der Waals surface area contributed by atoms with E-state index in [1.807, 2.05) is 12.2 Å². The van der Waals surface area contributed by atoms with Gasteiger partial charge in [-0.15, -0.1) is 10.2 Å². The molecule has 3 aliphatic rings. The van der Waals surface area contributed by atoms with Gasteiger partial charge in [-0.1, -0.05) is 12.2 Å². The minimum atomic E-state index is -0.703. The van der Waals surface area contributed by atoms with Gasteiger partial charge in [0.25, 0.3) is 0 Å². The molecule has 5 rings (SSSR count). The molecule has 1 aromatic carbocycles. The van der Waals surface area contributed by atoms with Gasteiger partial charge in [0.05, 0.1) is 37.3 Å². The molecule has 4 heterocycles. The highest BCUT2D eigenvalue weighted by Crippen LogP contribution is 2.51. The zero-order valence-electron chi connectivity index (χ0n) is 16.2. The third-order valence-corrected chi connectivity index (χ3v) is 5.82. The van der Waals surface area contributed by atoms with E-state index in [9.17, 15) is 9.59 Å². The highest BCUT2D eigenvalue weighted by atomic mass is 16.5. The monoisotopic (exact) mass is 396 g/mol. The number of anilines is 1. The minimum Gasteiger partial charge on any atom is -0.495 e. The molecule has 0 unspecified atom stereocenters. The third kappa shape index (κ3) is 2.57. The van der Waals surface area contributed by atoms with E-state index >= 15 is 0 Å². The number of likely N-dealkylation sites (N-methyl/N-ethyl adjacent to an activating group) is 1. The second-order valence-corrected chi connectivity index (χ2v) is 7.62. The van der Waals surface area contributed by atoms with E-state index in [4.69, 9.17) is 13.9 Å². The molecular weight excluding hydrogens is 376 g/mol. The van der Waals surface area contributed by atoms with E-state index in [1.165, 1.54) is 7.11 Å². The van der Waals surface area contributed by atoms with Crippen LogP contribution in [0.25, 0.3) is 11.5 Å². The molecule has 1 aromatic heterocycles. The number of hydrogen-bond acceptors (Lipinski definition) is 7. The predicted molar refractivity (Wildman–Crippen MR) is 101 cm³/mol. The van der Waals surface area contributed by atoms with Crippen molar-refractivity contribution in [3.63, 3.8) is 0 Å². The molecule has 3 aliphatic heterocycles. The van der Waals surface area contributed by atoms with Crippen molar-refractivity contribution in [2.45, 2.75) is 18.6 Å². The van der Waals surface area contributed by atoms with E-state index < -0.39 is 23.5 Å². The van der Waals surface area contributed by atoms with Crippen LogP contribution < -0.4 is 10.1 Å². The largest absolute Gasteiger partial charge is 0.495 e. The van der Waals surface area contributed by atoms with Crippen LogP contribution in [0.5, 0.6) is 5.75 Å². The first kappa shape index (κ1) is 17.9. The molecule has 4 atom stereocenters. The van der Waals surface area contributed by atoms with Crippen LogP contribution in [-0.2, 0) is 14.3 Å². The summed E-state index contributed by atoms with van der Waals surface area (Å²) in [7, 11) is 3.25. The number of aromatic nitrogens is 2. The van der Waals surface area contributed by atoms with Crippen LogP contribution in [0.15, 0.2) is 34.8 Å². The molecule has 29 heavy (non-hydrogen) atoms. The first-order valence-corrected chi connectivity index (χ1v) is 9.33. The first-order chi connectivity index (χ1) is 13.9. The number of aryl methyl sites for hydroxylation is 1. The number of rotatable bonds is 4. The van der Waals surface area contributed by atoms with Gasteiger partial charge in [0.1, 0.15) is 11.4 Å². The number of likely N-dealkylation sites (tertiary alicyclic amines) is 1. The van der Waals surface area contributed by atoms with Gasteiger partial charge in [0.2, 0.25) is 23.6 Å². The average Bonchev–Trinajstić information content (AvgIpc) is 3.44. The van der Waals surface area contributed by atoms with E-state index in [2.05, 4.69) is 15.5 Å². The molecule has 0 radical (unpaired) electrons. The highest BCUT2D eigenvalue weighted by molar-refractivity contribution is 6.00. The first-order valence-electron chi connectivity index (χ1n) is 9.33. The normalized spacial score (nSPS) is 29.4. The SMILES string of the molecule is COc1ccc(-c2nnc(C)o2)cc1NC(=O)[C@H]1[C@@H]2C=C[C@@]3(CN(C)C(=O)[C@@H]13)O2. The van der Waals surface area contributed by atoms with Gasteiger partial charge < -0.3 is 24.1 Å². The van der Waals surface area contributed by atoms with Crippen molar-refractivity contribution in [3.05, 3.63) is 36.2 Å². The lowest BCUT2D eigenvalue weighted by Gasteiger charge is -2.23. The summed E-state index contributed by atoms with van der Waals surface area (Å²) in [6.45, 7) is 2.17. The third-order valence-electron chi connectivity index (χ3n) is 5.82. The predicted octanol–water partition coefficient (Wildman–Crippen LogP) is 1.40. The molecular formula is C20H20N4O5. The Kier molecular flexibility index (Phi) is 3.79. The molecule has 2 aromatic rings. The standard InChI is InChI=1S/C20H20N4O5/c1-10-22-23-18(28-10)11-4-5-13(27-3)12(8-11)21-17(25)15-14-6-7-20(29-14)9-24(2)19(26)16(15)20/h4-8,14-16H,9H2,1-3H3,(H,21,25)/t14-,15-,16+,20-/m0/s1. The second kappa shape index (κ2) is 6.15. The quantitative estimate of drug-likeness (QED) is 0.779. The maximum atomic E-state index is 13.2. The Bertz CT molecular complexity index is 1050. The summed E-state index contributed by atoms with van der Waals surface area (Å²) in [5.74, 6) is -0.194. The molecule has 2 saturated heterocycles. The number of amides is 2. The summed E-state index contributed by atoms with van der Waals surface area (Å²) < 4.78 is 16.9. The summed E-state index contributed by atoms with van der Waals surface area (Å²) >= 11 is 0. The lowest BCUT2D eigenvalue weighted by atomic mass is 9.76. The van der Waals surface area contributed by atoms with Crippen molar-refractivity contribution in [1.82, 2.24) is 15.1 Å². The molecule has 150 valence electrons. The van der Waals surface area contributed by atoms with Crippen LogP contribution in [0.4, 0.5) is 5.69 Å². The van der Waals surface area contributed by atoms with Crippen molar-refractivity contribution in [2.24, 2.45) is 11.8 Å². The van der Waals surface area contributed by atoms with Crippen LogP contribution in [0.2, 0.25) is 0 Å². The number of hydrogen-bond donors (Lipinski definition) is 1. The highest BCUT2D eigenvalue weighted by Gasteiger charge is 2.66. The maximum absolute atomic E-state index is 13.2. The van der Waals surface area contributed by atoms with Crippen molar-refractivity contribution < 1.29 is 23.5 Å². The van der Waals surface area contributed by atoms with Gasteiger partial charge in [0.15, 0.2) is 0 Å². The molecule has 0 saturated carbocycles. The summed E-state index contributed by atoms with van der Waals surface area (Å²) in [5, 5.41) is 10.8. The fourth-order valence-electron chi connectivity index (χ4n) is 4.56. The van der Waals surface area contributed by atoms with Crippen molar-refractivity contribution in [3.8, 4) is 17.2 Å². The molecule has 1 N–H and O–H groups in total. The van der Waals surface area contributed by atoms with Gasteiger partial charge in [-0.2, -0.15) is 0 Å². The number of nitrogens with one attached hydrogen (secondary N) is 1. The second-order valence-electron chi connectivity index (χ2n) is 7.62. The zero-order valence-corrected chi connectivity index (χ0v) is 16.2. The van der Waals surface area contributed by atoms with Crippen molar-refractivity contribution in [1.29, 1.82) is 0 Å². The maximum Gasteiger partial charge on any atom is 0.247 e. The molecule has 2 amide bonds. The summed E-state index contributed by atoms with van der Waals surface area (Å²) in [4.78, 5) is 27.5. The van der Waals surface area contributed by atoms with Crippen molar-refractivity contribution >= 4 is 17.5 Å². The Morgan fingerprint density at radius 1 is 1.38 bits per heavy atom. The Balaban J connectivity index is 1.45. The Labute approximate surface area is 166 Å². The fraction of sp³-hybridized carbons (Fsp3) is 0.400. The van der Waals surface area contributed by atoms with E-state index in [0.717, 1.165) is 0 Å². The molecule has 2 fully saturated rings. The Morgan fingerprint density at radius 2 is 2.21 bits per heavy atom. The summed E-state index contributed by atoms with van der Waals surface area (Å²) in [6.07, 6.45) is 3.39. The van der Waals surface area contributed by atoms with E-state index in [1.54, 1.807) is 37.1 Å². The van der Waals surface area contributed by atoms with Gasteiger partial charge >= 0.3 is 0 Å². The summed E-state index contributed by atoms with van der Waals surface area (Å²) in [6, 6.07) is 5.21. The fourth-order valence-corrected chi connectivity index (χ4v) is 4.56. The van der Waals surface area contributed by atoms with E-state index in [-0.39, 0.29) is 11.8 Å². The number of nitrogens with zero attached hydrogens (tertiary/aromatic N) is 3. The number of fused-ring (bicyclic) bond motifs is 1. The topological polar surface area (TPSA) is 107 Å². The van der Waals surface area contributed by atoms with Gasteiger partial charge in [-0.25, -0.2) is 0 Å². The number of carbonyl (C=O) groups is 2. The number of benzene rings is 1. The van der Waals surface area contributed by atoms with Gasteiger partial charge in [-0.3, -0.25) is 9.59 Å². The van der Waals surface area contributed by atoms with Crippen LogP contribution in [0.3, 0.4) is 0 Å². The van der Waals surface area contributed by atoms with Crippen molar-refractivity contribution in [2.75, 3.05) is 26.0 Å². The number of ether oxygens (including phenoxy) is 2. The molecule has 0 aliphatic carbocycles. The van der Waals surface area contributed by atoms with E-state index in [0.29, 0.717) is 35.3 Å².